The van der Waals surface area contributed by atoms with E-state index in [4.69, 9.17) is 9.84 Å². The summed E-state index contributed by atoms with van der Waals surface area (Å²) in [6, 6.07) is 2.67. The van der Waals surface area contributed by atoms with Gasteiger partial charge in [0.05, 0.1) is 7.11 Å². The Bertz CT molecular complexity index is 546. The topological polar surface area (TPSA) is 78.9 Å². The van der Waals surface area contributed by atoms with E-state index in [0.29, 0.717) is 4.90 Å². The third kappa shape index (κ3) is 4.86. The number of carbonyl (C=O) groups is 2. The molecule has 6 nitrogen and oxygen atoms in total. The van der Waals surface area contributed by atoms with Crippen LogP contribution in [-0.2, 0) is 0 Å². The zero-order valence-corrected chi connectivity index (χ0v) is 11.2. The summed E-state index contributed by atoms with van der Waals surface area (Å²) in [5.41, 5.74) is -0.00461. The van der Waals surface area contributed by atoms with Gasteiger partial charge in [0.25, 0.3) is 0 Å². The summed E-state index contributed by atoms with van der Waals surface area (Å²) < 4.78 is 41.3. The summed E-state index contributed by atoms with van der Waals surface area (Å²) in [6.45, 7) is -1.40. The molecule has 0 atom stereocenters. The Hall–Kier alpha value is -2.45. The van der Waals surface area contributed by atoms with E-state index >= 15 is 0 Å². The number of halogens is 3. The van der Waals surface area contributed by atoms with Crippen LogP contribution in [0.25, 0.3) is 0 Å². The van der Waals surface area contributed by atoms with Crippen molar-refractivity contribution in [3.8, 4) is 5.75 Å². The Balaban J connectivity index is 2.84. The average molecular weight is 306 g/mol. The Morgan fingerprint density at radius 3 is 2.48 bits per heavy atom. The van der Waals surface area contributed by atoms with Crippen LogP contribution in [0.15, 0.2) is 18.2 Å². The number of aromatic carboxylic acids is 1. The largest absolute Gasteiger partial charge is 0.496 e. The highest BCUT2D eigenvalue weighted by molar-refractivity contribution is 5.94. The molecule has 2 amide bonds. The van der Waals surface area contributed by atoms with Gasteiger partial charge in [-0.3, -0.25) is 0 Å². The first kappa shape index (κ1) is 16.6. The molecular formula is C12H13F3N2O4. The van der Waals surface area contributed by atoms with E-state index in [1.54, 1.807) is 0 Å². The van der Waals surface area contributed by atoms with Crippen molar-refractivity contribution in [1.29, 1.82) is 0 Å². The van der Waals surface area contributed by atoms with Gasteiger partial charge in [-0.2, -0.15) is 13.2 Å². The van der Waals surface area contributed by atoms with Crippen LogP contribution < -0.4 is 10.1 Å². The number of ether oxygens (including phenoxy) is 1. The molecule has 0 fully saturated rings. The molecular weight excluding hydrogens is 293 g/mol. The molecule has 1 aromatic carbocycles. The highest BCUT2D eigenvalue weighted by Crippen LogP contribution is 2.23. The standard InChI is InChI=1S/C12H13F3N2O4/c1-17(6-12(13,14)15)11(20)16-7-3-4-8(10(18)19)9(5-7)21-2/h3-5H,6H2,1-2H3,(H,16,20)(H,18,19). The lowest BCUT2D eigenvalue weighted by atomic mass is 10.2. The molecule has 116 valence electrons. The summed E-state index contributed by atoms with van der Waals surface area (Å²) in [5, 5.41) is 11.1. The van der Waals surface area contributed by atoms with Gasteiger partial charge in [-0.1, -0.05) is 0 Å². The predicted octanol–water partition coefficient (Wildman–Crippen LogP) is 2.42. The number of rotatable bonds is 4. The molecule has 0 radical (unpaired) electrons. The molecule has 0 aromatic heterocycles. The van der Waals surface area contributed by atoms with Crippen molar-refractivity contribution in [3.05, 3.63) is 23.8 Å². The Labute approximate surface area is 118 Å². The van der Waals surface area contributed by atoms with Crippen molar-refractivity contribution in [2.45, 2.75) is 6.18 Å². The van der Waals surface area contributed by atoms with Crippen molar-refractivity contribution in [2.75, 3.05) is 26.0 Å². The molecule has 0 bridgehead atoms. The molecule has 0 heterocycles. The first-order valence-corrected chi connectivity index (χ1v) is 5.64. The van der Waals surface area contributed by atoms with E-state index in [1.165, 1.54) is 25.3 Å². The Morgan fingerprint density at radius 1 is 1.38 bits per heavy atom. The van der Waals surface area contributed by atoms with Crippen molar-refractivity contribution in [3.63, 3.8) is 0 Å². The summed E-state index contributed by atoms with van der Waals surface area (Å²) >= 11 is 0. The SMILES string of the molecule is COc1cc(NC(=O)N(C)CC(F)(F)F)ccc1C(=O)O. The lowest BCUT2D eigenvalue weighted by molar-refractivity contribution is -0.137. The molecule has 9 heteroatoms. The van der Waals surface area contributed by atoms with Gasteiger partial charge in [0.1, 0.15) is 17.9 Å². The number of carboxylic acids is 1. The third-order valence-electron chi connectivity index (χ3n) is 2.45. The lowest BCUT2D eigenvalue weighted by Crippen LogP contribution is -2.38. The normalized spacial score (nSPS) is 10.9. The zero-order valence-electron chi connectivity index (χ0n) is 11.2. The van der Waals surface area contributed by atoms with Crippen LogP contribution in [-0.4, -0.2) is 48.9 Å². The second kappa shape index (κ2) is 6.33. The lowest BCUT2D eigenvalue weighted by Gasteiger charge is -2.19. The minimum absolute atomic E-state index is 0.0150. The van der Waals surface area contributed by atoms with Gasteiger partial charge in [-0.25, -0.2) is 9.59 Å². The monoisotopic (exact) mass is 306 g/mol. The number of nitrogens with one attached hydrogen (secondary N) is 1. The van der Waals surface area contributed by atoms with Gasteiger partial charge in [0.2, 0.25) is 0 Å². The minimum Gasteiger partial charge on any atom is -0.496 e. The van der Waals surface area contributed by atoms with Crippen LogP contribution in [0.1, 0.15) is 10.4 Å². The first-order chi connectivity index (χ1) is 9.64. The highest BCUT2D eigenvalue weighted by atomic mass is 19.4. The number of benzene rings is 1. The van der Waals surface area contributed by atoms with Crippen LogP contribution in [0.2, 0.25) is 0 Å². The number of anilines is 1. The van der Waals surface area contributed by atoms with Crippen molar-refractivity contribution in [2.24, 2.45) is 0 Å². The number of hydrogen-bond acceptors (Lipinski definition) is 3. The molecule has 2 N–H and O–H groups in total. The number of carbonyl (C=O) groups excluding carboxylic acids is 1. The fourth-order valence-corrected chi connectivity index (χ4v) is 1.51. The molecule has 0 spiro atoms. The van der Waals surface area contributed by atoms with Crippen LogP contribution >= 0.6 is 0 Å². The molecule has 0 unspecified atom stereocenters. The zero-order chi connectivity index (χ0) is 16.2. The second-order valence-electron chi connectivity index (χ2n) is 4.12. The van der Waals surface area contributed by atoms with Crippen LogP contribution in [0.5, 0.6) is 5.75 Å². The van der Waals surface area contributed by atoms with Crippen molar-refractivity contribution in [1.82, 2.24) is 4.90 Å². The summed E-state index contributed by atoms with van der Waals surface area (Å²) in [6.07, 6.45) is -4.50. The van der Waals surface area contributed by atoms with Gasteiger partial charge in [0.15, 0.2) is 0 Å². The number of urea groups is 1. The maximum absolute atomic E-state index is 12.2. The minimum atomic E-state index is -4.50. The molecule has 21 heavy (non-hydrogen) atoms. The molecule has 0 aliphatic carbocycles. The van der Waals surface area contributed by atoms with Crippen LogP contribution in [0, 0.1) is 0 Å². The van der Waals surface area contributed by atoms with Gasteiger partial charge < -0.3 is 20.1 Å². The highest BCUT2D eigenvalue weighted by Gasteiger charge is 2.31. The van der Waals surface area contributed by atoms with E-state index in [9.17, 15) is 22.8 Å². The molecule has 1 rings (SSSR count). The number of alkyl halides is 3. The number of hydrogen-bond donors (Lipinski definition) is 2. The molecule has 0 aliphatic heterocycles. The molecule has 0 saturated heterocycles. The summed E-state index contributed by atoms with van der Waals surface area (Å²) in [7, 11) is 2.23. The predicted molar refractivity (Wildman–Crippen MR) is 67.7 cm³/mol. The number of carboxylic acid groups (broad SMARTS) is 1. The molecule has 1 aromatic rings. The number of nitrogens with zero attached hydrogens (tertiary/aromatic N) is 1. The van der Waals surface area contributed by atoms with Gasteiger partial charge in [-0.05, 0) is 12.1 Å². The van der Waals surface area contributed by atoms with E-state index < -0.39 is 24.7 Å². The van der Waals surface area contributed by atoms with E-state index in [0.717, 1.165) is 7.05 Å². The van der Waals surface area contributed by atoms with Crippen LogP contribution in [0.3, 0.4) is 0 Å². The van der Waals surface area contributed by atoms with Gasteiger partial charge >= 0.3 is 18.2 Å². The number of amides is 2. The van der Waals surface area contributed by atoms with E-state index in [2.05, 4.69) is 5.32 Å². The van der Waals surface area contributed by atoms with Crippen molar-refractivity contribution >= 4 is 17.7 Å². The summed E-state index contributed by atoms with van der Waals surface area (Å²) in [4.78, 5) is 22.9. The molecule has 0 saturated carbocycles. The maximum atomic E-state index is 12.2. The van der Waals surface area contributed by atoms with Crippen LogP contribution in [0.4, 0.5) is 23.7 Å². The fourth-order valence-electron chi connectivity index (χ4n) is 1.51. The molecule has 0 aliphatic rings. The Morgan fingerprint density at radius 2 is 2.00 bits per heavy atom. The Kier molecular flexibility index (Phi) is 5.01. The van der Waals surface area contributed by atoms with Gasteiger partial charge in [0, 0.05) is 18.8 Å². The third-order valence-corrected chi connectivity index (χ3v) is 2.45. The van der Waals surface area contributed by atoms with Crippen molar-refractivity contribution < 1.29 is 32.6 Å². The summed E-state index contributed by atoms with van der Waals surface area (Å²) in [5.74, 6) is -1.24. The van der Waals surface area contributed by atoms with Gasteiger partial charge in [-0.15, -0.1) is 0 Å². The fraction of sp³-hybridized carbons (Fsp3) is 0.333. The quantitative estimate of drug-likeness (QED) is 0.895. The van der Waals surface area contributed by atoms with E-state index in [-0.39, 0.29) is 17.0 Å². The van der Waals surface area contributed by atoms with E-state index in [1.807, 2.05) is 0 Å². The average Bonchev–Trinajstić information content (AvgIpc) is 2.36. The second-order valence-corrected chi connectivity index (χ2v) is 4.12. The number of methoxy groups -OCH3 is 1. The maximum Gasteiger partial charge on any atom is 0.406 e. The first-order valence-electron chi connectivity index (χ1n) is 5.64. The smallest absolute Gasteiger partial charge is 0.406 e.